The highest BCUT2D eigenvalue weighted by atomic mass is 16.6. The number of Topliss-reactive ketones (excluding diaryl/α,β-unsaturated/α-hetero) is 1. The van der Waals surface area contributed by atoms with Gasteiger partial charge in [0.25, 0.3) is 0 Å². The third-order valence-electron chi connectivity index (χ3n) is 5.16. The van der Waals surface area contributed by atoms with Gasteiger partial charge in [-0.25, -0.2) is 4.79 Å². The number of rotatable bonds is 3. The van der Waals surface area contributed by atoms with Gasteiger partial charge in [-0.05, 0) is 64.7 Å². The Morgan fingerprint density at radius 3 is 2.00 bits per heavy atom. The van der Waals surface area contributed by atoms with Crippen LogP contribution in [-0.2, 0) is 9.53 Å². The fourth-order valence-electron chi connectivity index (χ4n) is 3.96. The molecule has 4 heteroatoms. The molecule has 0 radical (unpaired) electrons. The van der Waals surface area contributed by atoms with Gasteiger partial charge in [-0.2, -0.15) is 0 Å². The first kappa shape index (κ1) is 19.3. The van der Waals surface area contributed by atoms with Crippen molar-refractivity contribution < 1.29 is 14.3 Å². The molecule has 2 rings (SSSR count). The molecule has 4 nitrogen and oxygen atoms in total. The summed E-state index contributed by atoms with van der Waals surface area (Å²) in [6.45, 7) is 12.3. The second kappa shape index (κ2) is 7.05. The zero-order chi connectivity index (χ0) is 18.1. The van der Waals surface area contributed by atoms with E-state index in [0.717, 1.165) is 38.5 Å². The lowest BCUT2D eigenvalue weighted by Gasteiger charge is -2.48. The van der Waals surface area contributed by atoms with Crippen LogP contribution in [0.3, 0.4) is 0 Å². The maximum Gasteiger partial charge on any atom is 0.410 e. The summed E-state index contributed by atoms with van der Waals surface area (Å²) >= 11 is 0. The molecule has 0 N–H and O–H groups in total. The van der Waals surface area contributed by atoms with Crippen LogP contribution in [0.5, 0.6) is 0 Å². The fraction of sp³-hybridized carbons (Fsp3) is 0.900. The first-order chi connectivity index (χ1) is 11.0. The van der Waals surface area contributed by atoms with Gasteiger partial charge in [-0.1, -0.05) is 20.8 Å². The predicted octanol–water partition coefficient (Wildman–Crippen LogP) is 4.95. The monoisotopic (exact) mass is 337 g/mol. The number of hydrogen-bond acceptors (Lipinski definition) is 3. The Morgan fingerprint density at radius 2 is 1.54 bits per heavy atom. The van der Waals surface area contributed by atoms with Gasteiger partial charge in [0.1, 0.15) is 11.4 Å². The summed E-state index contributed by atoms with van der Waals surface area (Å²) in [4.78, 5) is 27.2. The lowest BCUT2D eigenvalue weighted by atomic mass is 9.75. The Morgan fingerprint density at radius 1 is 1.00 bits per heavy atom. The van der Waals surface area contributed by atoms with Gasteiger partial charge in [0.05, 0.1) is 0 Å². The van der Waals surface area contributed by atoms with Gasteiger partial charge < -0.3 is 9.64 Å². The third kappa shape index (κ3) is 5.22. The van der Waals surface area contributed by atoms with Crippen LogP contribution in [0.2, 0.25) is 0 Å². The largest absolute Gasteiger partial charge is 0.444 e. The smallest absolute Gasteiger partial charge is 0.410 e. The lowest BCUT2D eigenvalue weighted by molar-refractivity contribution is -0.127. The zero-order valence-corrected chi connectivity index (χ0v) is 16.4. The summed E-state index contributed by atoms with van der Waals surface area (Å²) in [5, 5.41) is 0. The lowest BCUT2D eigenvalue weighted by Crippen LogP contribution is -2.56. The Balaban J connectivity index is 2.00. The second-order valence-electron chi connectivity index (χ2n) is 9.82. The van der Waals surface area contributed by atoms with Gasteiger partial charge in [0.2, 0.25) is 0 Å². The number of nitrogens with zero attached hydrogens (tertiary/aromatic N) is 1. The normalized spacial score (nSPS) is 27.8. The number of piperidine rings is 2. The maximum atomic E-state index is 12.6. The Hall–Kier alpha value is -1.06. The molecule has 0 spiro atoms. The van der Waals surface area contributed by atoms with E-state index in [4.69, 9.17) is 4.74 Å². The summed E-state index contributed by atoms with van der Waals surface area (Å²) in [6, 6.07) is 0.354. The highest BCUT2D eigenvalue weighted by Crippen LogP contribution is 2.39. The molecule has 0 aromatic carbocycles. The molecule has 2 saturated heterocycles. The van der Waals surface area contributed by atoms with Crippen molar-refractivity contribution in [2.24, 2.45) is 11.3 Å². The van der Waals surface area contributed by atoms with E-state index in [0.29, 0.717) is 12.2 Å². The topological polar surface area (TPSA) is 46.6 Å². The van der Waals surface area contributed by atoms with Crippen molar-refractivity contribution in [1.29, 1.82) is 0 Å². The summed E-state index contributed by atoms with van der Waals surface area (Å²) < 4.78 is 5.60. The molecular formula is C20H35NO3. The van der Waals surface area contributed by atoms with Crippen molar-refractivity contribution in [3.63, 3.8) is 0 Å². The van der Waals surface area contributed by atoms with Crippen molar-refractivity contribution in [1.82, 2.24) is 4.90 Å². The number of carbonyl (C=O) groups excluding carboxylic acids is 2. The minimum Gasteiger partial charge on any atom is -0.444 e. The number of ketones is 1. The third-order valence-corrected chi connectivity index (χ3v) is 5.16. The molecular weight excluding hydrogens is 302 g/mol. The number of fused-ring (bicyclic) bond motifs is 2. The first-order valence-electron chi connectivity index (χ1n) is 9.50. The minimum atomic E-state index is -0.468. The van der Waals surface area contributed by atoms with Gasteiger partial charge in [0, 0.05) is 24.4 Å². The summed E-state index contributed by atoms with van der Waals surface area (Å²) in [5.41, 5.74) is -0.270. The SMILES string of the molecule is CC(C)(C)CCC(=O)C1CC2CCCC(C1)N2C(=O)OC(C)(C)C. The van der Waals surface area contributed by atoms with Crippen LogP contribution < -0.4 is 0 Å². The van der Waals surface area contributed by atoms with Crippen LogP contribution in [0.25, 0.3) is 0 Å². The van der Waals surface area contributed by atoms with Crippen LogP contribution in [0.15, 0.2) is 0 Å². The number of ether oxygens (including phenoxy) is 1. The molecule has 2 bridgehead atoms. The molecule has 2 aliphatic rings. The van der Waals surface area contributed by atoms with Gasteiger partial charge in [0.15, 0.2) is 0 Å². The Labute approximate surface area is 147 Å². The molecule has 24 heavy (non-hydrogen) atoms. The molecule has 1 amide bonds. The summed E-state index contributed by atoms with van der Waals surface area (Å²) in [5.74, 6) is 0.520. The molecule has 0 aromatic heterocycles. The van der Waals surface area contributed by atoms with Crippen LogP contribution in [0, 0.1) is 11.3 Å². The first-order valence-corrected chi connectivity index (χ1v) is 9.50. The second-order valence-corrected chi connectivity index (χ2v) is 9.82. The maximum absolute atomic E-state index is 12.6. The van der Waals surface area contributed by atoms with E-state index >= 15 is 0 Å². The van der Waals surface area contributed by atoms with E-state index in [2.05, 4.69) is 20.8 Å². The Kier molecular flexibility index (Phi) is 5.66. The average Bonchev–Trinajstić information content (AvgIpc) is 2.40. The average molecular weight is 338 g/mol. The van der Waals surface area contributed by atoms with Crippen molar-refractivity contribution >= 4 is 11.9 Å². The van der Waals surface area contributed by atoms with Gasteiger partial charge in [-0.3, -0.25) is 4.79 Å². The minimum absolute atomic E-state index is 0.126. The number of carbonyl (C=O) groups is 2. The molecule has 0 saturated carbocycles. The molecule has 2 unspecified atom stereocenters. The molecule has 2 heterocycles. The van der Waals surface area contributed by atoms with Gasteiger partial charge >= 0.3 is 6.09 Å². The number of hydrogen-bond donors (Lipinski definition) is 0. The van der Waals surface area contributed by atoms with E-state index in [1.165, 1.54) is 0 Å². The molecule has 2 atom stereocenters. The van der Waals surface area contributed by atoms with Crippen molar-refractivity contribution in [3.8, 4) is 0 Å². The molecule has 0 aromatic rings. The fourth-order valence-corrected chi connectivity index (χ4v) is 3.96. The molecule has 2 fully saturated rings. The molecule has 138 valence electrons. The molecule has 2 aliphatic heterocycles. The highest BCUT2D eigenvalue weighted by molar-refractivity contribution is 5.81. The van der Waals surface area contributed by atoms with E-state index < -0.39 is 5.60 Å². The standard InChI is InChI=1S/C20H35NO3/c1-19(2,3)11-10-17(22)14-12-15-8-7-9-16(13-14)21(15)18(23)24-20(4,5)6/h14-16H,7-13H2,1-6H3. The van der Waals surface area contributed by atoms with E-state index in [1.807, 2.05) is 25.7 Å². The Bertz CT molecular complexity index is 458. The van der Waals surface area contributed by atoms with E-state index in [-0.39, 0.29) is 29.5 Å². The van der Waals surface area contributed by atoms with Crippen LogP contribution in [0.1, 0.15) is 86.5 Å². The highest BCUT2D eigenvalue weighted by Gasteiger charge is 2.44. The van der Waals surface area contributed by atoms with Crippen molar-refractivity contribution in [2.45, 2.75) is 104 Å². The molecule has 0 aliphatic carbocycles. The van der Waals surface area contributed by atoms with Crippen molar-refractivity contribution in [2.75, 3.05) is 0 Å². The van der Waals surface area contributed by atoms with Crippen LogP contribution in [0.4, 0.5) is 4.79 Å². The van der Waals surface area contributed by atoms with Crippen molar-refractivity contribution in [3.05, 3.63) is 0 Å². The predicted molar refractivity (Wildman–Crippen MR) is 95.9 cm³/mol. The summed E-state index contributed by atoms with van der Waals surface area (Å²) in [6.07, 6.45) is 6.19. The van der Waals surface area contributed by atoms with E-state index in [1.54, 1.807) is 0 Å². The quantitative estimate of drug-likeness (QED) is 0.732. The van der Waals surface area contributed by atoms with Gasteiger partial charge in [-0.15, -0.1) is 0 Å². The van der Waals surface area contributed by atoms with Crippen LogP contribution in [-0.4, -0.2) is 34.5 Å². The zero-order valence-electron chi connectivity index (χ0n) is 16.4. The summed E-state index contributed by atoms with van der Waals surface area (Å²) in [7, 11) is 0. The van der Waals surface area contributed by atoms with E-state index in [9.17, 15) is 9.59 Å². The van der Waals surface area contributed by atoms with Crippen LogP contribution >= 0.6 is 0 Å². The number of amides is 1.